The Morgan fingerprint density at radius 1 is 1.38 bits per heavy atom. The lowest BCUT2D eigenvalue weighted by Crippen LogP contribution is -2.14. The van der Waals surface area contributed by atoms with Crippen LogP contribution in [0.1, 0.15) is 29.8 Å². The van der Waals surface area contributed by atoms with Crippen LogP contribution >= 0.6 is 0 Å². The van der Waals surface area contributed by atoms with Crippen LogP contribution in [-0.4, -0.2) is 11.6 Å². The first-order valence-corrected chi connectivity index (χ1v) is 4.90. The maximum atomic E-state index is 11.7. The number of amidine groups is 1. The van der Waals surface area contributed by atoms with Crippen LogP contribution in [0.5, 0.6) is 0 Å². The molecule has 0 aliphatic rings. The molecule has 0 bridgehead atoms. The van der Waals surface area contributed by atoms with Crippen LogP contribution in [0.3, 0.4) is 0 Å². The monoisotopic (exact) mass is 218 g/mol. The minimum absolute atomic E-state index is 0.0532. The number of Topliss-reactive ketones (excluding diaryl/α,β-unsaturated/α-hetero) is 1. The molecule has 5 nitrogen and oxygen atoms in total. The van der Waals surface area contributed by atoms with Gasteiger partial charge >= 0.3 is 0 Å². The van der Waals surface area contributed by atoms with E-state index in [-0.39, 0.29) is 17.5 Å². The summed E-state index contributed by atoms with van der Waals surface area (Å²) < 4.78 is 0. The molecule has 3 N–H and O–H groups in total. The highest BCUT2D eigenvalue weighted by Gasteiger charge is 2.11. The maximum Gasteiger partial charge on any atom is 0.165 e. The van der Waals surface area contributed by atoms with Crippen molar-refractivity contribution in [1.29, 1.82) is 5.53 Å². The van der Waals surface area contributed by atoms with Crippen LogP contribution in [0.15, 0.2) is 34.6 Å². The van der Waals surface area contributed by atoms with E-state index in [9.17, 15) is 4.79 Å². The highest BCUT2D eigenvalue weighted by molar-refractivity contribution is 6.02. The summed E-state index contributed by atoms with van der Waals surface area (Å²) in [6.45, 7) is 3.68. The zero-order valence-corrected chi connectivity index (χ0v) is 9.27. The quantitative estimate of drug-likeness (QED) is 0.266. The second-order valence-electron chi connectivity index (χ2n) is 3.68. The van der Waals surface area contributed by atoms with Gasteiger partial charge in [-0.2, -0.15) is 5.53 Å². The summed E-state index contributed by atoms with van der Waals surface area (Å²) in [5.74, 6) is 0.125. The van der Waals surface area contributed by atoms with Crippen LogP contribution in [0, 0.1) is 11.4 Å². The standard InChI is InChI=1S/C11H14N4O/c1-7(2)10(16)8-4-3-5-9(6-8)11(12)14-15-13/h3-7H,1-2H3,(H3,12,13,14). The zero-order chi connectivity index (χ0) is 12.1. The third-order valence-corrected chi connectivity index (χ3v) is 2.12. The van der Waals surface area contributed by atoms with E-state index in [0.717, 1.165) is 0 Å². The molecule has 16 heavy (non-hydrogen) atoms. The van der Waals surface area contributed by atoms with Gasteiger partial charge in [-0.3, -0.25) is 4.79 Å². The van der Waals surface area contributed by atoms with Crippen LogP contribution in [0.25, 0.3) is 0 Å². The molecule has 0 heterocycles. The highest BCUT2D eigenvalue weighted by atomic mass is 16.1. The predicted molar refractivity (Wildman–Crippen MR) is 61.5 cm³/mol. The molecule has 0 atom stereocenters. The number of nitrogens with one attached hydrogen (secondary N) is 1. The van der Waals surface area contributed by atoms with E-state index in [2.05, 4.69) is 10.3 Å². The molecule has 5 heteroatoms. The molecule has 1 rings (SSSR count). The largest absolute Gasteiger partial charge is 0.382 e. The third kappa shape index (κ3) is 2.73. The number of carbonyl (C=O) groups excluding carboxylic acids is 1. The van der Waals surface area contributed by atoms with E-state index in [1.807, 2.05) is 13.8 Å². The SMILES string of the molecule is CC(C)C(=O)c1cccc(/C(N)=N/N=N)c1. The fourth-order valence-corrected chi connectivity index (χ4v) is 1.28. The number of benzene rings is 1. The lowest BCUT2D eigenvalue weighted by atomic mass is 9.99. The first kappa shape index (κ1) is 12.0. The van der Waals surface area contributed by atoms with Crippen LogP contribution < -0.4 is 5.73 Å². The molecular formula is C11H14N4O. The molecule has 0 unspecified atom stereocenters. The van der Waals surface area contributed by atoms with E-state index in [0.29, 0.717) is 11.1 Å². The van der Waals surface area contributed by atoms with E-state index >= 15 is 0 Å². The number of nitrogens with zero attached hydrogens (tertiary/aromatic N) is 2. The summed E-state index contributed by atoms with van der Waals surface area (Å²) in [6.07, 6.45) is 0. The molecule has 0 aromatic heterocycles. The van der Waals surface area contributed by atoms with E-state index in [1.54, 1.807) is 24.3 Å². The van der Waals surface area contributed by atoms with Crippen molar-refractivity contribution in [3.8, 4) is 0 Å². The molecule has 0 spiro atoms. The average molecular weight is 218 g/mol. The summed E-state index contributed by atoms with van der Waals surface area (Å²) in [5.41, 5.74) is 13.3. The van der Waals surface area contributed by atoms with Gasteiger partial charge in [0.05, 0.1) is 0 Å². The van der Waals surface area contributed by atoms with Crippen LogP contribution in [-0.2, 0) is 0 Å². The Morgan fingerprint density at radius 3 is 2.56 bits per heavy atom. The lowest BCUT2D eigenvalue weighted by molar-refractivity contribution is 0.0939. The van der Waals surface area contributed by atoms with Crippen molar-refractivity contribution in [2.24, 2.45) is 22.0 Å². The molecule has 0 aliphatic carbocycles. The van der Waals surface area contributed by atoms with Crippen LogP contribution in [0.4, 0.5) is 0 Å². The predicted octanol–water partition coefficient (Wildman–Crippen LogP) is 2.18. The van der Waals surface area contributed by atoms with E-state index in [4.69, 9.17) is 11.3 Å². The Balaban J connectivity index is 3.09. The number of nitrogens with two attached hydrogens (primary N) is 1. The van der Waals surface area contributed by atoms with Gasteiger partial charge in [-0.05, 0) is 6.07 Å². The Kier molecular flexibility index (Phi) is 3.88. The summed E-state index contributed by atoms with van der Waals surface area (Å²) >= 11 is 0. The topological polar surface area (TPSA) is 91.7 Å². The van der Waals surface area contributed by atoms with E-state index in [1.165, 1.54) is 0 Å². The fraction of sp³-hybridized carbons (Fsp3) is 0.273. The molecule has 0 fully saturated rings. The smallest absolute Gasteiger partial charge is 0.165 e. The van der Waals surface area contributed by atoms with Crippen molar-refractivity contribution in [1.82, 2.24) is 0 Å². The number of rotatable bonds is 4. The second-order valence-corrected chi connectivity index (χ2v) is 3.68. The Labute approximate surface area is 93.9 Å². The number of hydrogen-bond acceptors (Lipinski definition) is 3. The van der Waals surface area contributed by atoms with Gasteiger partial charge in [-0.15, -0.1) is 5.10 Å². The van der Waals surface area contributed by atoms with Crippen molar-refractivity contribution in [3.05, 3.63) is 35.4 Å². The van der Waals surface area contributed by atoms with Crippen LogP contribution in [0.2, 0.25) is 0 Å². The molecule has 0 amide bonds. The van der Waals surface area contributed by atoms with Gasteiger partial charge in [0, 0.05) is 17.0 Å². The number of hydrogen-bond donors (Lipinski definition) is 2. The number of ketones is 1. The van der Waals surface area contributed by atoms with Gasteiger partial charge in [0.2, 0.25) is 0 Å². The molecule has 84 valence electrons. The van der Waals surface area contributed by atoms with Gasteiger partial charge in [0.1, 0.15) is 0 Å². The molecule has 0 aliphatic heterocycles. The summed E-state index contributed by atoms with van der Waals surface area (Å²) in [5, 5.41) is 6.26. The highest BCUT2D eigenvalue weighted by Crippen LogP contribution is 2.10. The molecule has 0 saturated carbocycles. The Hall–Kier alpha value is -2.04. The van der Waals surface area contributed by atoms with Gasteiger partial charge < -0.3 is 5.73 Å². The Bertz CT molecular complexity index is 437. The van der Waals surface area contributed by atoms with Gasteiger partial charge in [-0.1, -0.05) is 37.3 Å². The summed E-state index contributed by atoms with van der Waals surface area (Å²) in [7, 11) is 0. The molecule has 1 aromatic rings. The van der Waals surface area contributed by atoms with Crippen molar-refractivity contribution < 1.29 is 4.79 Å². The van der Waals surface area contributed by atoms with Crippen molar-refractivity contribution in [2.45, 2.75) is 13.8 Å². The summed E-state index contributed by atoms with van der Waals surface area (Å²) in [6, 6.07) is 6.85. The first-order valence-electron chi connectivity index (χ1n) is 4.90. The maximum absolute atomic E-state index is 11.7. The van der Waals surface area contributed by atoms with E-state index < -0.39 is 0 Å². The molecule has 0 radical (unpaired) electrons. The van der Waals surface area contributed by atoms with Gasteiger partial charge in [-0.25, -0.2) is 0 Å². The zero-order valence-electron chi connectivity index (χ0n) is 9.27. The average Bonchev–Trinajstić information content (AvgIpc) is 2.28. The molecular weight excluding hydrogens is 204 g/mol. The molecule has 1 aromatic carbocycles. The third-order valence-electron chi connectivity index (χ3n) is 2.12. The first-order chi connectivity index (χ1) is 7.56. The van der Waals surface area contributed by atoms with Gasteiger partial charge in [0.15, 0.2) is 11.6 Å². The molecule has 0 saturated heterocycles. The van der Waals surface area contributed by atoms with Crippen molar-refractivity contribution >= 4 is 11.6 Å². The van der Waals surface area contributed by atoms with Crippen molar-refractivity contribution in [2.75, 3.05) is 0 Å². The second kappa shape index (κ2) is 5.16. The Morgan fingerprint density at radius 2 is 2.00 bits per heavy atom. The normalized spacial score (nSPS) is 11.6. The lowest BCUT2D eigenvalue weighted by Gasteiger charge is -2.05. The fourth-order valence-electron chi connectivity index (χ4n) is 1.28. The minimum atomic E-state index is -0.0609. The van der Waals surface area contributed by atoms with Crippen molar-refractivity contribution in [3.63, 3.8) is 0 Å². The minimum Gasteiger partial charge on any atom is -0.382 e. The van der Waals surface area contributed by atoms with Gasteiger partial charge in [0.25, 0.3) is 0 Å². The summed E-state index contributed by atoms with van der Waals surface area (Å²) in [4.78, 5) is 11.7. The number of carbonyl (C=O) groups is 1.